The van der Waals surface area contributed by atoms with Gasteiger partial charge in [0.1, 0.15) is 11.1 Å². The van der Waals surface area contributed by atoms with E-state index in [1.165, 1.54) is 30.6 Å². The molecule has 0 N–H and O–H groups in total. The number of thiazole rings is 1. The highest BCUT2D eigenvalue weighted by Crippen LogP contribution is 2.34. The summed E-state index contributed by atoms with van der Waals surface area (Å²) >= 11 is 1.32. The van der Waals surface area contributed by atoms with Crippen LogP contribution in [0.2, 0.25) is 0 Å². The zero-order valence-corrected chi connectivity index (χ0v) is 15.9. The molecule has 1 aromatic heterocycles. The van der Waals surface area contributed by atoms with Crippen LogP contribution in [0.4, 0.5) is 5.69 Å². The minimum absolute atomic E-state index is 0.0157. The van der Waals surface area contributed by atoms with Gasteiger partial charge in [0.2, 0.25) is 0 Å². The molecule has 2 aromatic carbocycles. The smallest absolute Gasteiger partial charge is 0.269 e. The molecule has 0 bridgehead atoms. The number of para-hydroxylation sites is 1. The Balaban J connectivity index is 1.96. The van der Waals surface area contributed by atoms with E-state index in [1.807, 2.05) is 17.5 Å². The number of rotatable bonds is 6. The molecule has 0 spiro atoms. The van der Waals surface area contributed by atoms with Crippen molar-refractivity contribution in [2.75, 3.05) is 14.2 Å². The average Bonchev–Trinajstić information content (AvgIpc) is 3.21. The van der Waals surface area contributed by atoms with Crippen LogP contribution in [0.25, 0.3) is 22.9 Å². The molecular formula is C20H15N3O4S. The van der Waals surface area contributed by atoms with Gasteiger partial charge in [-0.25, -0.2) is 4.98 Å². The lowest BCUT2D eigenvalue weighted by Gasteiger charge is -2.10. The number of allylic oxidation sites excluding steroid dienone is 1. The number of nitro benzene ring substituents is 1. The Morgan fingerprint density at radius 3 is 2.57 bits per heavy atom. The van der Waals surface area contributed by atoms with Gasteiger partial charge in [-0.05, 0) is 24.3 Å². The molecule has 28 heavy (non-hydrogen) atoms. The second-order valence-corrected chi connectivity index (χ2v) is 6.45. The van der Waals surface area contributed by atoms with E-state index in [0.717, 1.165) is 5.56 Å². The Kier molecular flexibility index (Phi) is 5.67. The van der Waals surface area contributed by atoms with Gasteiger partial charge >= 0.3 is 0 Å². The molecule has 0 aliphatic carbocycles. The van der Waals surface area contributed by atoms with Crippen molar-refractivity contribution in [2.45, 2.75) is 0 Å². The quantitative estimate of drug-likeness (QED) is 0.339. The summed E-state index contributed by atoms with van der Waals surface area (Å²) in [5.41, 5.74) is 2.48. The van der Waals surface area contributed by atoms with E-state index in [0.29, 0.717) is 33.3 Å². The first-order chi connectivity index (χ1) is 13.6. The molecule has 0 fully saturated rings. The standard InChI is InChI=1S/C20H15N3O4S/c1-26-18-5-3-4-14(19(18)27-2)10-15(11-21)20-22-17(12-28-20)13-6-8-16(9-7-13)23(24)25/h3-10,12H,1-2H3. The Morgan fingerprint density at radius 2 is 1.96 bits per heavy atom. The van der Waals surface area contributed by atoms with Crippen molar-refractivity contribution in [3.63, 3.8) is 0 Å². The van der Waals surface area contributed by atoms with Crippen LogP contribution in [0.15, 0.2) is 47.8 Å². The topological polar surface area (TPSA) is 98.3 Å². The predicted molar refractivity (Wildman–Crippen MR) is 107 cm³/mol. The van der Waals surface area contributed by atoms with Crippen molar-refractivity contribution < 1.29 is 14.4 Å². The van der Waals surface area contributed by atoms with Gasteiger partial charge in [0.05, 0.1) is 30.4 Å². The van der Waals surface area contributed by atoms with Gasteiger partial charge in [-0.1, -0.05) is 12.1 Å². The van der Waals surface area contributed by atoms with Crippen LogP contribution in [0, 0.1) is 21.4 Å². The van der Waals surface area contributed by atoms with Crippen molar-refractivity contribution in [3.05, 3.63) is 68.5 Å². The molecule has 0 saturated heterocycles. The molecular weight excluding hydrogens is 378 g/mol. The van der Waals surface area contributed by atoms with E-state index >= 15 is 0 Å². The number of non-ortho nitro benzene ring substituents is 1. The van der Waals surface area contributed by atoms with Crippen LogP contribution in [0.1, 0.15) is 10.6 Å². The summed E-state index contributed by atoms with van der Waals surface area (Å²) in [4.78, 5) is 14.8. The van der Waals surface area contributed by atoms with Crippen molar-refractivity contribution in [1.29, 1.82) is 5.26 Å². The number of nitriles is 1. The van der Waals surface area contributed by atoms with Gasteiger partial charge in [-0.15, -0.1) is 11.3 Å². The Bertz CT molecular complexity index is 1080. The summed E-state index contributed by atoms with van der Waals surface area (Å²) in [5.74, 6) is 1.10. The molecule has 0 amide bonds. The maximum Gasteiger partial charge on any atom is 0.269 e. The maximum atomic E-state index is 10.8. The number of hydrogen-bond donors (Lipinski definition) is 0. The average molecular weight is 393 g/mol. The lowest BCUT2D eigenvalue weighted by molar-refractivity contribution is -0.384. The number of aromatic nitrogens is 1. The summed E-state index contributed by atoms with van der Waals surface area (Å²) in [6.45, 7) is 0. The molecule has 0 radical (unpaired) electrons. The fraction of sp³-hybridized carbons (Fsp3) is 0.100. The first kappa shape index (κ1) is 19.1. The van der Waals surface area contributed by atoms with Gasteiger partial charge in [-0.3, -0.25) is 10.1 Å². The Labute approximate surface area is 165 Å². The molecule has 140 valence electrons. The highest BCUT2D eigenvalue weighted by atomic mass is 32.1. The summed E-state index contributed by atoms with van der Waals surface area (Å²) in [7, 11) is 3.09. The fourth-order valence-corrected chi connectivity index (χ4v) is 3.40. The largest absolute Gasteiger partial charge is 0.493 e. The van der Waals surface area contributed by atoms with Gasteiger partial charge in [0.15, 0.2) is 11.5 Å². The SMILES string of the molecule is COc1cccc(C=C(C#N)c2nc(-c3ccc([N+](=O)[O-])cc3)cs2)c1OC. The van der Waals surface area contributed by atoms with Crippen LogP contribution in [0.5, 0.6) is 11.5 Å². The Hall–Kier alpha value is -3.70. The third-order valence-electron chi connectivity index (χ3n) is 3.96. The predicted octanol–water partition coefficient (Wildman–Crippen LogP) is 4.80. The zero-order chi connectivity index (χ0) is 20.1. The highest BCUT2D eigenvalue weighted by molar-refractivity contribution is 7.11. The minimum Gasteiger partial charge on any atom is -0.493 e. The van der Waals surface area contributed by atoms with Crippen LogP contribution in [-0.4, -0.2) is 24.1 Å². The summed E-state index contributed by atoms with van der Waals surface area (Å²) in [6, 6.07) is 13.7. The van der Waals surface area contributed by atoms with Gasteiger partial charge in [0, 0.05) is 28.6 Å². The molecule has 0 aliphatic heterocycles. The number of hydrogen-bond acceptors (Lipinski definition) is 7. The molecule has 0 atom stereocenters. The third kappa shape index (κ3) is 3.84. The van der Waals surface area contributed by atoms with Crippen LogP contribution in [-0.2, 0) is 0 Å². The van der Waals surface area contributed by atoms with Gasteiger partial charge in [0.25, 0.3) is 5.69 Å². The van der Waals surface area contributed by atoms with Crippen molar-refractivity contribution in [2.24, 2.45) is 0 Å². The van der Waals surface area contributed by atoms with Crippen molar-refractivity contribution >= 4 is 28.7 Å². The number of methoxy groups -OCH3 is 2. The maximum absolute atomic E-state index is 10.8. The van der Waals surface area contributed by atoms with E-state index in [9.17, 15) is 15.4 Å². The highest BCUT2D eigenvalue weighted by Gasteiger charge is 2.13. The third-order valence-corrected chi connectivity index (χ3v) is 4.84. The van der Waals surface area contributed by atoms with Crippen LogP contribution >= 0.6 is 11.3 Å². The second-order valence-electron chi connectivity index (χ2n) is 5.59. The normalized spacial score (nSPS) is 11.0. The van der Waals surface area contributed by atoms with Crippen LogP contribution in [0.3, 0.4) is 0 Å². The van der Waals surface area contributed by atoms with Gasteiger partial charge in [-0.2, -0.15) is 5.26 Å². The first-order valence-corrected chi connectivity index (χ1v) is 8.99. The summed E-state index contributed by atoms with van der Waals surface area (Å²) in [5, 5.41) is 22.7. The second kappa shape index (κ2) is 8.33. The molecule has 0 unspecified atom stereocenters. The van der Waals surface area contributed by atoms with E-state index in [4.69, 9.17) is 9.47 Å². The number of nitrogens with zero attached hydrogens (tertiary/aromatic N) is 3. The summed E-state index contributed by atoms with van der Waals surface area (Å²) in [6.07, 6.45) is 1.69. The fourth-order valence-electron chi connectivity index (χ4n) is 2.61. The number of ether oxygens (including phenoxy) is 2. The van der Waals surface area contributed by atoms with E-state index < -0.39 is 4.92 Å². The monoisotopic (exact) mass is 393 g/mol. The molecule has 0 aliphatic rings. The lowest BCUT2D eigenvalue weighted by Crippen LogP contribution is -1.93. The zero-order valence-electron chi connectivity index (χ0n) is 15.1. The van der Waals surface area contributed by atoms with Crippen molar-refractivity contribution in [1.82, 2.24) is 4.98 Å². The number of nitro groups is 1. The van der Waals surface area contributed by atoms with E-state index in [2.05, 4.69) is 11.1 Å². The van der Waals surface area contributed by atoms with Crippen LogP contribution < -0.4 is 9.47 Å². The molecule has 3 rings (SSSR count). The molecule has 0 saturated carbocycles. The molecule has 3 aromatic rings. The number of benzene rings is 2. The molecule has 7 nitrogen and oxygen atoms in total. The van der Waals surface area contributed by atoms with E-state index in [1.54, 1.807) is 31.4 Å². The summed E-state index contributed by atoms with van der Waals surface area (Å²) < 4.78 is 10.7. The molecule has 1 heterocycles. The first-order valence-electron chi connectivity index (χ1n) is 8.11. The Morgan fingerprint density at radius 1 is 1.21 bits per heavy atom. The van der Waals surface area contributed by atoms with Gasteiger partial charge < -0.3 is 9.47 Å². The lowest BCUT2D eigenvalue weighted by atomic mass is 10.1. The van der Waals surface area contributed by atoms with Crippen molar-refractivity contribution in [3.8, 4) is 28.8 Å². The minimum atomic E-state index is -0.450. The molecule has 8 heteroatoms. The van der Waals surface area contributed by atoms with E-state index in [-0.39, 0.29) is 5.69 Å².